The van der Waals surface area contributed by atoms with E-state index in [1.807, 2.05) is 31.2 Å². The Morgan fingerprint density at radius 3 is 2.29 bits per heavy atom. The van der Waals surface area contributed by atoms with Crippen molar-refractivity contribution in [2.24, 2.45) is 5.92 Å². The van der Waals surface area contributed by atoms with Gasteiger partial charge in [0.05, 0.1) is 6.10 Å². The summed E-state index contributed by atoms with van der Waals surface area (Å²) in [4.78, 5) is 0. The summed E-state index contributed by atoms with van der Waals surface area (Å²) in [5, 5.41) is 13.5. The maximum atomic E-state index is 9.29. The third-order valence-electron chi connectivity index (χ3n) is 2.89. The van der Waals surface area contributed by atoms with E-state index in [1.165, 1.54) is 5.56 Å². The molecule has 0 saturated carbocycles. The highest BCUT2D eigenvalue weighted by atomic mass is 35.5. The third kappa shape index (κ3) is 5.53. The van der Waals surface area contributed by atoms with Gasteiger partial charge in [-0.3, -0.25) is 0 Å². The van der Waals surface area contributed by atoms with Crippen LogP contribution in [0.25, 0.3) is 0 Å². The van der Waals surface area contributed by atoms with Gasteiger partial charge in [-0.25, -0.2) is 0 Å². The second-order valence-corrected chi connectivity index (χ2v) is 5.31. The Balaban J connectivity index is 2.39. The molecule has 1 rings (SSSR count). The molecule has 0 heterocycles. The zero-order chi connectivity index (χ0) is 12.8. The lowest BCUT2D eigenvalue weighted by atomic mass is 10.0. The first-order chi connectivity index (χ1) is 7.99. The van der Waals surface area contributed by atoms with Gasteiger partial charge < -0.3 is 10.4 Å². The number of hydrogen-bond acceptors (Lipinski definition) is 2. The van der Waals surface area contributed by atoms with Gasteiger partial charge in [-0.05, 0) is 50.4 Å². The number of rotatable bonds is 6. The number of benzene rings is 1. The molecular weight excluding hydrogens is 234 g/mol. The molecular formula is C14H22ClNO. The van der Waals surface area contributed by atoms with Crippen LogP contribution in [0.3, 0.4) is 0 Å². The fourth-order valence-electron chi connectivity index (χ4n) is 1.91. The van der Waals surface area contributed by atoms with Crippen LogP contribution in [0.15, 0.2) is 24.3 Å². The standard InChI is InChI=1S/C14H22ClNO/c1-10(8-11(2)17)9-16-12(3)13-4-6-14(15)7-5-13/h4-7,10-12,16-17H,8-9H2,1-3H3. The van der Waals surface area contributed by atoms with Crippen molar-refractivity contribution >= 4 is 11.6 Å². The molecule has 3 atom stereocenters. The monoisotopic (exact) mass is 255 g/mol. The largest absolute Gasteiger partial charge is 0.393 e. The minimum Gasteiger partial charge on any atom is -0.393 e. The van der Waals surface area contributed by atoms with Gasteiger partial charge in [-0.2, -0.15) is 0 Å². The molecule has 0 spiro atoms. The molecule has 0 aliphatic rings. The molecule has 2 nitrogen and oxygen atoms in total. The van der Waals surface area contributed by atoms with Crippen molar-refractivity contribution in [3.63, 3.8) is 0 Å². The Kier molecular flexibility index (Phi) is 5.96. The summed E-state index contributed by atoms with van der Waals surface area (Å²) in [5.74, 6) is 0.477. The molecule has 96 valence electrons. The minimum absolute atomic E-state index is 0.224. The molecule has 0 aliphatic heterocycles. The Bertz CT molecular complexity index is 323. The van der Waals surface area contributed by atoms with Crippen LogP contribution < -0.4 is 5.32 Å². The summed E-state index contributed by atoms with van der Waals surface area (Å²) >= 11 is 5.85. The lowest BCUT2D eigenvalue weighted by Crippen LogP contribution is -2.26. The van der Waals surface area contributed by atoms with Gasteiger partial charge in [0, 0.05) is 11.1 Å². The zero-order valence-electron chi connectivity index (χ0n) is 10.8. The van der Waals surface area contributed by atoms with Crippen LogP contribution in [0.4, 0.5) is 0 Å². The van der Waals surface area contributed by atoms with Crippen molar-refractivity contribution in [1.29, 1.82) is 0 Å². The number of aliphatic hydroxyl groups is 1. The highest BCUT2D eigenvalue weighted by molar-refractivity contribution is 6.30. The van der Waals surface area contributed by atoms with Gasteiger partial charge in [0.2, 0.25) is 0 Å². The van der Waals surface area contributed by atoms with Gasteiger partial charge in [-0.1, -0.05) is 30.7 Å². The van der Waals surface area contributed by atoms with Gasteiger partial charge in [-0.15, -0.1) is 0 Å². The van der Waals surface area contributed by atoms with Crippen LogP contribution in [0, 0.1) is 5.92 Å². The third-order valence-corrected chi connectivity index (χ3v) is 3.14. The van der Waals surface area contributed by atoms with Crippen LogP contribution in [-0.4, -0.2) is 17.8 Å². The summed E-state index contributed by atoms with van der Waals surface area (Å²) in [6.07, 6.45) is 0.609. The predicted molar refractivity (Wildman–Crippen MR) is 73.3 cm³/mol. The summed E-state index contributed by atoms with van der Waals surface area (Å²) in [6, 6.07) is 8.21. The molecule has 0 saturated heterocycles. The van der Waals surface area contributed by atoms with E-state index >= 15 is 0 Å². The van der Waals surface area contributed by atoms with Crippen molar-refractivity contribution in [3.05, 3.63) is 34.9 Å². The SMILES string of the molecule is CC(O)CC(C)CNC(C)c1ccc(Cl)cc1. The second kappa shape index (κ2) is 7.00. The molecule has 3 heteroatoms. The summed E-state index contributed by atoms with van der Waals surface area (Å²) in [7, 11) is 0. The fourth-order valence-corrected chi connectivity index (χ4v) is 2.04. The summed E-state index contributed by atoms with van der Waals surface area (Å²) in [6.45, 7) is 7.03. The Hall–Kier alpha value is -0.570. The number of hydrogen-bond donors (Lipinski definition) is 2. The van der Waals surface area contributed by atoms with E-state index in [0.717, 1.165) is 18.0 Å². The molecule has 0 bridgehead atoms. The van der Waals surface area contributed by atoms with E-state index < -0.39 is 0 Å². The van der Waals surface area contributed by atoms with Gasteiger partial charge >= 0.3 is 0 Å². The molecule has 17 heavy (non-hydrogen) atoms. The molecule has 0 fully saturated rings. The van der Waals surface area contributed by atoms with Crippen LogP contribution in [0.5, 0.6) is 0 Å². The topological polar surface area (TPSA) is 32.3 Å². The minimum atomic E-state index is -0.224. The molecule has 0 amide bonds. The molecule has 2 N–H and O–H groups in total. The second-order valence-electron chi connectivity index (χ2n) is 4.87. The first kappa shape index (κ1) is 14.5. The summed E-state index contributed by atoms with van der Waals surface area (Å²) < 4.78 is 0. The molecule has 0 aliphatic carbocycles. The van der Waals surface area contributed by atoms with Crippen molar-refractivity contribution in [3.8, 4) is 0 Å². The lowest BCUT2D eigenvalue weighted by molar-refractivity contribution is 0.162. The Morgan fingerprint density at radius 2 is 1.76 bits per heavy atom. The van der Waals surface area contributed by atoms with E-state index in [9.17, 15) is 5.11 Å². The Labute approximate surface area is 109 Å². The van der Waals surface area contributed by atoms with Crippen molar-refractivity contribution in [1.82, 2.24) is 5.32 Å². The molecule has 1 aromatic carbocycles. The van der Waals surface area contributed by atoms with Gasteiger partial charge in [0.25, 0.3) is 0 Å². The van der Waals surface area contributed by atoms with Crippen molar-refractivity contribution in [2.45, 2.75) is 39.3 Å². The molecule has 0 aromatic heterocycles. The summed E-state index contributed by atoms with van der Waals surface area (Å²) in [5.41, 5.74) is 1.23. The highest BCUT2D eigenvalue weighted by Gasteiger charge is 2.09. The normalized spacial score (nSPS) is 16.5. The highest BCUT2D eigenvalue weighted by Crippen LogP contribution is 2.16. The Morgan fingerprint density at radius 1 is 1.18 bits per heavy atom. The molecule has 3 unspecified atom stereocenters. The number of halogens is 1. The van der Waals surface area contributed by atoms with Crippen LogP contribution in [-0.2, 0) is 0 Å². The maximum absolute atomic E-state index is 9.29. The van der Waals surface area contributed by atoms with E-state index in [2.05, 4.69) is 19.2 Å². The number of nitrogens with one attached hydrogen (secondary N) is 1. The van der Waals surface area contributed by atoms with E-state index in [0.29, 0.717) is 12.0 Å². The lowest BCUT2D eigenvalue weighted by Gasteiger charge is -2.19. The van der Waals surface area contributed by atoms with Gasteiger partial charge in [0.15, 0.2) is 0 Å². The number of aliphatic hydroxyl groups excluding tert-OH is 1. The average molecular weight is 256 g/mol. The molecule has 1 aromatic rings. The van der Waals surface area contributed by atoms with Crippen molar-refractivity contribution < 1.29 is 5.11 Å². The van der Waals surface area contributed by atoms with Crippen molar-refractivity contribution in [2.75, 3.05) is 6.54 Å². The van der Waals surface area contributed by atoms with Crippen LogP contribution in [0.2, 0.25) is 5.02 Å². The smallest absolute Gasteiger partial charge is 0.0515 e. The van der Waals surface area contributed by atoms with E-state index in [4.69, 9.17) is 11.6 Å². The fraction of sp³-hybridized carbons (Fsp3) is 0.571. The first-order valence-electron chi connectivity index (χ1n) is 6.16. The predicted octanol–water partition coefficient (Wildman–Crippen LogP) is 3.40. The molecule has 0 radical (unpaired) electrons. The van der Waals surface area contributed by atoms with E-state index in [1.54, 1.807) is 0 Å². The maximum Gasteiger partial charge on any atom is 0.0515 e. The quantitative estimate of drug-likeness (QED) is 0.817. The van der Waals surface area contributed by atoms with E-state index in [-0.39, 0.29) is 6.10 Å². The average Bonchev–Trinajstić information content (AvgIpc) is 2.26. The zero-order valence-corrected chi connectivity index (χ0v) is 11.5. The van der Waals surface area contributed by atoms with Crippen LogP contribution in [0.1, 0.15) is 38.8 Å². The van der Waals surface area contributed by atoms with Gasteiger partial charge in [0.1, 0.15) is 0 Å². The first-order valence-corrected chi connectivity index (χ1v) is 6.53. The van der Waals surface area contributed by atoms with Crippen LogP contribution >= 0.6 is 11.6 Å².